The molecule has 1 aliphatic carbocycles. The Hall–Kier alpha value is -3.56. The fourth-order valence-corrected chi connectivity index (χ4v) is 5.46. The molecule has 2 unspecified atom stereocenters. The highest BCUT2D eigenvalue weighted by molar-refractivity contribution is 7.76. The van der Waals surface area contributed by atoms with Crippen molar-refractivity contribution >= 4 is 46.4 Å². The zero-order chi connectivity index (χ0) is 33.4. The van der Waals surface area contributed by atoms with Crippen LogP contribution in [0.5, 0.6) is 11.5 Å². The average molecular weight is 704 g/mol. The minimum atomic E-state index is -3.11. The highest BCUT2D eigenvalue weighted by atomic mass is 35.5. The summed E-state index contributed by atoms with van der Waals surface area (Å²) in [4.78, 5) is 24.9. The van der Waals surface area contributed by atoms with Crippen LogP contribution in [-0.2, 0) is 38.4 Å². The first-order valence-corrected chi connectivity index (χ1v) is 15.8. The molecule has 0 spiro atoms. The van der Waals surface area contributed by atoms with Gasteiger partial charge in [0.2, 0.25) is 11.3 Å². The normalized spacial score (nSPS) is 14.2. The molecular weight excluding hydrogens is 673 g/mol. The summed E-state index contributed by atoms with van der Waals surface area (Å²) in [7, 11) is 1.26. The second-order valence-corrected chi connectivity index (χ2v) is 12.1. The van der Waals surface area contributed by atoms with Gasteiger partial charge in [-0.25, -0.2) is 9.00 Å². The molecule has 4 rings (SSSR count). The predicted octanol–water partition coefficient (Wildman–Crippen LogP) is 5.31. The molecule has 1 aliphatic rings. The first-order valence-electron chi connectivity index (χ1n) is 13.9. The molecule has 1 aromatic heterocycles. The minimum absolute atomic E-state index is 0.00436. The molecule has 11 nitrogen and oxygen atoms in total. The quantitative estimate of drug-likeness (QED) is 0.0911. The Morgan fingerprint density at radius 1 is 1.11 bits per heavy atom. The monoisotopic (exact) mass is 702 g/mol. The van der Waals surface area contributed by atoms with Crippen molar-refractivity contribution < 1.29 is 50.8 Å². The zero-order valence-electron chi connectivity index (χ0n) is 24.4. The first kappa shape index (κ1) is 35.3. The van der Waals surface area contributed by atoms with E-state index in [4.69, 9.17) is 32.7 Å². The summed E-state index contributed by atoms with van der Waals surface area (Å²) in [6.45, 7) is -3.47. The number of methoxy groups -OCH3 is 1. The van der Waals surface area contributed by atoms with Crippen molar-refractivity contribution in [3.8, 4) is 11.5 Å². The lowest BCUT2D eigenvalue weighted by Crippen LogP contribution is -2.35. The number of hydrogen-bond acceptors (Lipinski definition) is 8. The van der Waals surface area contributed by atoms with E-state index in [1.807, 2.05) is 0 Å². The smallest absolute Gasteiger partial charge is 0.387 e. The lowest BCUT2D eigenvalue weighted by atomic mass is 10.0. The maximum Gasteiger partial charge on any atom is 0.387 e. The van der Waals surface area contributed by atoms with E-state index in [0.29, 0.717) is 15.9 Å². The van der Waals surface area contributed by atoms with Crippen molar-refractivity contribution in [2.45, 2.75) is 38.4 Å². The summed E-state index contributed by atoms with van der Waals surface area (Å²) in [5, 5.41) is 11.8. The fourth-order valence-electron chi connectivity index (χ4n) is 4.39. The average Bonchev–Trinajstić information content (AvgIpc) is 3.84. The van der Waals surface area contributed by atoms with E-state index in [0.717, 1.165) is 35.1 Å². The second-order valence-electron chi connectivity index (χ2n) is 10.3. The van der Waals surface area contributed by atoms with Crippen molar-refractivity contribution in [3.63, 3.8) is 0 Å². The largest absolute Gasteiger partial charge is 0.619 e. The van der Waals surface area contributed by atoms with Crippen LogP contribution in [0.15, 0.2) is 54.9 Å². The molecule has 46 heavy (non-hydrogen) atoms. The summed E-state index contributed by atoms with van der Waals surface area (Å²) >= 11 is 10.0. The molecule has 248 valence electrons. The van der Waals surface area contributed by atoms with E-state index < -0.39 is 42.5 Å². The van der Waals surface area contributed by atoms with Crippen LogP contribution in [0.2, 0.25) is 10.0 Å². The maximum absolute atomic E-state index is 13.2. The lowest BCUT2D eigenvalue weighted by molar-refractivity contribution is -0.605. The molecule has 0 radical (unpaired) electrons. The van der Waals surface area contributed by atoms with Gasteiger partial charge in [-0.05, 0) is 60.6 Å². The van der Waals surface area contributed by atoms with E-state index in [9.17, 15) is 32.3 Å². The van der Waals surface area contributed by atoms with Gasteiger partial charge in [0.05, 0.1) is 19.3 Å². The van der Waals surface area contributed by atoms with Crippen molar-refractivity contribution in [3.05, 3.63) is 92.4 Å². The lowest BCUT2D eigenvalue weighted by Gasteiger charge is -2.23. The Bertz CT molecular complexity index is 1540. The van der Waals surface area contributed by atoms with Crippen LogP contribution < -0.4 is 14.2 Å². The van der Waals surface area contributed by atoms with Crippen LogP contribution in [0.4, 0.5) is 8.78 Å². The second kappa shape index (κ2) is 16.3. The number of aromatic nitrogens is 1. The number of carbonyl (C=O) groups excluding carboxylic acids is 2. The van der Waals surface area contributed by atoms with Crippen LogP contribution >= 0.6 is 23.2 Å². The summed E-state index contributed by atoms with van der Waals surface area (Å²) in [6, 6.07) is 10.5. The third-order valence-electron chi connectivity index (χ3n) is 7.00. The Morgan fingerprint density at radius 2 is 1.78 bits per heavy atom. The van der Waals surface area contributed by atoms with Gasteiger partial charge in [-0.1, -0.05) is 41.4 Å². The standard InChI is InChI=1S/C30H30Cl2F2N2O9S/c1-42-29(38)20-6-4-18(5-7-20)10-11-36(46(40)41)16-28(37)44-26(13-22-23(31)14-35(39)15-24(22)32)21-8-9-25(45-30(33)34)27(12-21)43-17-19-2-3-19/h4-9,12,14-15,19,26,30H,2-3,10-11,13,16-17H2,1H3,(H,40,41). The number of alkyl halides is 2. The zero-order valence-corrected chi connectivity index (χ0v) is 26.7. The molecule has 1 fully saturated rings. The summed E-state index contributed by atoms with van der Waals surface area (Å²) in [5.41, 5.74) is 1.62. The van der Waals surface area contributed by atoms with Crippen LogP contribution in [0.1, 0.15) is 46.0 Å². The molecule has 0 bridgehead atoms. The minimum Gasteiger partial charge on any atom is -0.619 e. The van der Waals surface area contributed by atoms with Gasteiger partial charge in [-0.2, -0.15) is 17.8 Å². The van der Waals surface area contributed by atoms with Crippen LogP contribution in [0.3, 0.4) is 0 Å². The molecule has 2 atom stereocenters. The van der Waals surface area contributed by atoms with Gasteiger partial charge in [-0.15, -0.1) is 0 Å². The molecule has 16 heteroatoms. The third kappa shape index (κ3) is 10.2. The van der Waals surface area contributed by atoms with E-state index in [2.05, 4.69) is 9.47 Å². The number of ether oxygens (including phenoxy) is 4. The molecule has 0 saturated heterocycles. The molecule has 0 amide bonds. The van der Waals surface area contributed by atoms with Crippen molar-refractivity contribution in [2.75, 3.05) is 26.8 Å². The Kier molecular flexibility index (Phi) is 12.5. The molecule has 2 aromatic carbocycles. The van der Waals surface area contributed by atoms with E-state index >= 15 is 0 Å². The molecule has 1 heterocycles. The van der Waals surface area contributed by atoms with Crippen LogP contribution in [0, 0.1) is 11.1 Å². The van der Waals surface area contributed by atoms with Crippen molar-refractivity contribution in [2.24, 2.45) is 5.92 Å². The Balaban J connectivity index is 1.55. The Labute approximate surface area is 275 Å². The van der Waals surface area contributed by atoms with Gasteiger partial charge in [-0.3, -0.25) is 9.35 Å². The van der Waals surface area contributed by atoms with Crippen LogP contribution in [0.25, 0.3) is 0 Å². The first-order chi connectivity index (χ1) is 21.9. The highest BCUT2D eigenvalue weighted by Gasteiger charge is 2.27. The topological polar surface area (TPSA) is 139 Å². The molecule has 3 aromatic rings. The maximum atomic E-state index is 13.2. The van der Waals surface area contributed by atoms with Gasteiger partial charge in [0, 0.05) is 18.5 Å². The van der Waals surface area contributed by atoms with Crippen molar-refractivity contribution in [1.29, 1.82) is 0 Å². The number of rotatable bonds is 16. The number of hydrogen-bond donors (Lipinski definition) is 1. The predicted molar refractivity (Wildman–Crippen MR) is 163 cm³/mol. The van der Waals surface area contributed by atoms with Gasteiger partial charge >= 0.3 is 18.6 Å². The molecule has 1 saturated carbocycles. The number of pyridine rings is 1. The van der Waals surface area contributed by atoms with E-state index in [1.54, 1.807) is 24.3 Å². The number of carbonyl (C=O) groups is 2. The summed E-state index contributed by atoms with van der Waals surface area (Å²) in [5.74, 6) is -1.33. The fraction of sp³-hybridized carbons (Fsp3) is 0.367. The molecule has 0 aliphatic heterocycles. The highest BCUT2D eigenvalue weighted by Crippen LogP contribution is 2.37. The van der Waals surface area contributed by atoms with Gasteiger partial charge in [0.15, 0.2) is 23.9 Å². The number of benzene rings is 2. The van der Waals surface area contributed by atoms with E-state index in [1.165, 1.54) is 25.3 Å². The Morgan fingerprint density at radius 3 is 2.37 bits per heavy atom. The van der Waals surface area contributed by atoms with Gasteiger partial charge < -0.3 is 24.2 Å². The molecular formula is C30H30Cl2F2N2O9S. The molecule has 1 N–H and O–H groups in total. The van der Waals surface area contributed by atoms with Crippen LogP contribution in [-0.4, -0.2) is 58.4 Å². The number of halogens is 4. The van der Waals surface area contributed by atoms with Gasteiger partial charge in [0.1, 0.15) is 22.7 Å². The third-order valence-corrected chi connectivity index (χ3v) is 8.40. The van der Waals surface area contributed by atoms with E-state index in [-0.39, 0.29) is 59.0 Å². The van der Waals surface area contributed by atoms with Gasteiger partial charge in [0.25, 0.3) is 0 Å². The van der Waals surface area contributed by atoms with Crippen molar-refractivity contribution in [1.82, 2.24) is 4.31 Å². The number of esters is 2. The number of nitrogens with zero attached hydrogens (tertiary/aromatic N) is 2. The SMILES string of the molecule is COC(=O)c1ccc(CCN(CC(=O)OC(Cc2c(Cl)c[n+]([O-])cc2Cl)c2ccc(OC(F)F)c(OCC3CC3)c2)S(=O)O)cc1. The summed E-state index contributed by atoms with van der Waals surface area (Å²) < 4.78 is 70.4. The summed E-state index contributed by atoms with van der Waals surface area (Å²) in [6.07, 6.45) is 2.99.